The van der Waals surface area contributed by atoms with E-state index in [4.69, 9.17) is 0 Å². The molecule has 0 saturated carbocycles. The van der Waals surface area contributed by atoms with Crippen molar-refractivity contribution in [2.45, 2.75) is 18.7 Å². The molecular formula is C20H19N3O2S. The second kappa shape index (κ2) is 8.01. The Morgan fingerprint density at radius 1 is 1.23 bits per heavy atom. The quantitative estimate of drug-likeness (QED) is 0.410. The van der Waals surface area contributed by atoms with Crippen molar-refractivity contribution in [3.63, 3.8) is 0 Å². The highest BCUT2D eigenvalue weighted by Crippen LogP contribution is 2.28. The van der Waals surface area contributed by atoms with Gasteiger partial charge >= 0.3 is 0 Å². The van der Waals surface area contributed by atoms with Gasteiger partial charge in [-0.25, -0.2) is 5.43 Å². The van der Waals surface area contributed by atoms with Gasteiger partial charge in [0.2, 0.25) is 5.91 Å². The third-order valence-corrected chi connectivity index (χ3v) is 4.80. The number of aromatic nitrogens is 1. The Hall–Kier alpha value is -2.86. The zero-order valence-corrected chi connectivity index (χ0v) is 15.4. The Kier molecular flexibility index (Phi) is 5.53. The van der Waals surface area contributed by atoms with Crippen LogP contribution in [-0.2, 0) is 4.79 Å². The van der Waals surface area contributed by atoms with Gasteiger partial charge in [-0.05, 0) is 44.2 Å². The number of hydrogen-bond donors (Lipinski definition) is 2. The smallest absolute Gasteiger partial charge is 0.250 e. The number of hydrogen-bond acceptors (Lipinski definition) is 5. The fourth-order valence-corrected chi connectivity index (χ4v) is 3.42. The number of carbonyl (C=O) groups excluding carboxylic acids is 1. The molecule has 5 nitrogen and oxygen atoms in total. The SMILES string of the molecule is Cc1ccc2nc(C)cc(SCC(=O)N/N=C/c3ccccc3O)c2c1. The minimum atomic E-state index is -0.211. The molecule has 1 aromatic heterocycles. The predicted octanol–water partition coefficient (Wildman–Crippen LogP) is 3.80. The molecule has 0 aliphatic heterocycles. The second-order valence-electron chi connectivity index (χ2n) is 5.92. The summed E-state index contributed by atoms with van der Waals surface area (Å²) >= 11 is 1.45. The van der Waals surface area contributed by atoms with Gasteiger partial charge in [0.05, 0.1) is 17.5 Å². The van der Waals surface area contributed by atoms with Crippen LogP contribution in [0.1, 0.15) is 16.8 Å². The number of aromatic hydroxyl groups is 1. The summed E-state index contributed by atoms with van der Waals surface area (Å²) in [5.74, 6) is 0.149. The molecule has 0 radical (unpaired) electrons. The van der Waals surface area contributed by atoms with Crippen molar-refractivity contribution in [1.82, 2.24) is 10.4 Å². The van der Waals surface area contributed by atoms with E-state index in [0.29, 0.717) is 5.56 Å². The molecule has 3 rings (SSSR count). The van der Waals surface area contributed by atoms with Crippen molar-refractivity contribution in [2.24, 2.45) is 5.10 Å². The van der Waals surface area contributed by atoms with Crippen LogP contribution in [-0.4, -0.2) is 28.0 Å². The Morgan fingerprint density at radius 2 is 2.04 bits per heavy atom. The Labute approximate surface area is 156 Å². The number of amides is 1. The lowest BCUT2D eigenvalue weighted by Gasteiger charge is -2.08. The predicted molar refractivity (Wildman–Crippen MR) is 106 cm³/mol. The van der Waals surface area contributed by atoms with Gasteiger partial charge in [-0.15, -0.1) is 11.8 Å². The maximum atomic E-state index is 12.1. The van der Waals surface area contributed by atoms with E-state index in [0.717, 1.165) is 27.1 Å². The summed E-state index contributed by atoms with van der Waals surface area (Å²) in [5.41, 5.74) is 6.03. The van der Waals surface area contributed by atoms with Crippen LogP contribution >= 0.6 is 11.8 Å². The Bertz CT molecular complexity index is 986. The summed E-state index contributed by atoms with van der Waals surface area (Å²) in [7, 11) is 0. The maximum Gasteiger partial charge on any atom is 0.250 e. The van der Waals surface area contributed by atoms with Crippen LogP contribution < -0.4 is 5.43 Å². The number of hydrazone groups is 1. The lowest BCUT2D eigenvalue weighted by molar-refractivity contribution is -0.118. The Balaban J connectivity index is 1.65. The molecule has 0 atom stereocenters. The van der Waals surface area contributed by atoms with Gasteiger partial charge in [0.25, 0.3) is 0 Å². The summed E-state index contributed by atoms with van der Waals surface area (Å²) < 4.78 is 0. The third-order valence-electron chi connectivity index (χ3n) is 3.74. The van der Waals surface area contributed by atoms with Crippen molar-refractivity contribution in [1.29, 1.82) is 0 Å². The Morgan fingerprint density at radius 3 is 2.85 bits per heavy atom. The molecule has 0 unspecified atom stereocenters. The second-order valence-corrected chi connectivity index (χ2v) is 6.94. The first-order valence-corrected chi connectivity index (χ1v) is 9.12. The first-order valence-electron chi connectivity index (χ1n) is 8.13. The van der Waals surface area contributed by atoms with E-state index in [-0.39, 0.29) is 17.4 Å². The number of aryl methyl sites for hydroxylation is 2. The lowest BCUT2D eigenvalue weighted by atomic mass is 10.1. The summed E-state index contributed by atoms with van der Waals surface area (Å²) in [6.45, 7) is 3.98. The van der Waals surface area contributed by atoms with Crippen molar-refractivity contribution < 1.29 is 9.90 Å². The average Bonchev–Trinajstić information content (AvgIpc) is 2.61. The highest BCUT2D eigenvalue weighted by atomic mass is 32.2. The summed E-state index contributed by atoms with van der Waals surface area (Å²) in [6.07, 6.45) is 1.42. The highest BCUT2D eigenvalue weighted by molar-refractivity contribution is 8.00. The minimum Gasteiger partial charge on any atom is -0.507 e. The third kappa shape index (κ3) is 4.40. The number of phenols is 1. The number of nitrogens with zero attached hydrogens (tertiary/aromatic N) is 2. The first-order chi connectivity index (χ1) is 12.5. The van der Waals surface area contributed by atoms with Gasteiger partial charge in [0, 0.05) is 21.5 Å². The largest absolute Gasteiger partial charge is 0.507 e. The van der Waals surface area contributed by atoms with Crippen molar-refractivity contribution >= 4 is 34.8 Å². The molecule has 0 aliphatic carbocycles. The number of phenolic OH excluding ortho intramolecular Hbond substituents is 1. The van der Waals surface area contributed by atoms with Crippen LogP contribution in [0.2, 0.25) is 0 Å². The lowest BCUT2D eigenvalue weighted by Crippen LogP contribution is -2.19. The number of pyridine rings is 1. The number of para-hydroxylation sites is 1. The molecule has 0 spiro atoms. The van der Waals surface area contributed by atoms with Gasteiger partial charge in [-0.2, -0.15) is 5.10 Å². The molecule has 0 fully saturated rings. The van der Waals surface area contributed by atoms with Crippen LogP contribution in [0.25, 0.3) is 10.9 Å². The van der Waals surface area contributed by atoms with Gasteiger partial charge in [-0.1, -0.05) is 23.8 Å². The van der Waals surface area contributed by atoms with Crippen LogP contribution in [0.3, 0.4) is 0 Å². The number of fused-ring (bicyclic) bond motifs is 1. The molecule has 1 heterocycles. The fourth-order valence-electron chi connectivity index (χ4n) is 2.50. The molecule has 6 heteroatoms. The van der Waals surface area contributed by atoms with E-state index in [1.807, 2.05) is 32.0 Å². The van der Waals surface area contributed by atoms with Crippen LogP contribution in [0.4, 0.5) is 0 Å². The summed E-state index contributed by atoms with van der Waals surface area (Å²) in [5, 5.41) is 14.6. The molecule has 0 aliphatic rings. The number of rotatable bonds is 5. The normalized spacial score (nSPS) is 11.2. The van der Waals surface area contributed by atoms with Crippen molar-refractivity contribution in [3.05, 3.63) is 65.4 Å². The summed E-state index contributed by atoms with van der Waals surface area (Å²) in [4.78, 5) is 17.6. The van der Waals surface area contributed by atoms with E-state index in [1.54, 1.807) is 24.3 Å². The van der Waals surface area contributed by atoms with Gasteiger partial charge < -0.3 is 5.11 Å². The number of nitrogens with one attached hydrogen (secondary N) is 1. The van der Waals surface area contributed by atoms with Gasteiger partial charge in [0.15, 0.2) is 0 Å². The van der Waals surface area contributed by atoms with E-state index in [1.165, 1.54) is 18.0 Å². The monoisotopic (exact) mass is 365 g/mol. The van der Waals surface area contributed by atoms with E-state index in [2.05, 4.69) is 21.6 Å². The molecule has 0 bridgehead atoms. The highest BCUT2D eigenvalue weighted by Gasteiger charge is 2.08. The average molecular weight is 365 g/mol. The first kappa shape index (κ1) is 17.9. The molecule has 2 aromatic carbocycles. The van der Waals surface area contributed by atoms with E-state index < -0.39 is 0 Å². The molecule has 2 N–H and O–H groups in total. The van der Waals surface area contributed by atoms with Gasteiger partial charge in [-0.3, -0.25) is 9.78 Å². The van der Waals surface area contributed by atoms with Crippen molar-refractivity contribution in [3.8, 4) is 5.75 Å². The molecule has 132 valence electrons. The number of carbonyl (C=O) groups is 1. The number of benzene rings is 2. The number of thioether (sulfide) groups is 1. The topological polar surface area (TPSA) is 74.6 Å². The van der Waals surface area contributed by atoms with Crippen LogP contribution in [0.5, 0.6) is 5.75 Å². The van der Waals surface area contributed by atoms with Crippen molar-refractivity contribution in [2.75, 3.05) is 5.75 Å². The molecular weight excluding hydrogens is 346 g/mol. The van der Waals surface area contributed by atoms with Crippen LogP contribution in [0.15, 0.2) is 58.5 Å². The standard InChI is InChI=1S/C20H19N3O2S/c1-13-7-8-17-16(9-13)19(10-14(2)22-17)26-12-20(25)23-21-11-15-5-3-4-6-18(15)24/h3-11,24H,12H2,1-2H3,(H,23,25)/b21-11+. The zero-order chi connectivity index (χ0) is 18.5. The maximum absolute atomic E-state index is 12.1. The van der Waals surface area contributed by atoms with E-state index >= 15 is 0 Å². The fraction of sp³-hybridized carbons (Fsp3) is 0.150. The minimum absolute atomic E-state index is 0.119. The molecule has 26 heavy (non-hydrogen) atoms. The zero-order valence-electron chi connectivity index (χ0n) is 14.6. The molecule has 0 saturated heterocycles. The van der Waals surface area contributed by atoms with Gasteiger partial charge in [0.1, 0.15) is 5.75 Å². The van der Waals surface area contributed by atoms with E-state index in [9.17, 15) is 9.90 Å². The molecule has 1 amide bonds. The van der Waals surface area contributed by atoms with Crippen LogP contribution in [0, 0.1) is 13.8 Å². The summed E-state index contributed by atoms with van der Waals surface area (Å²) in [6, 6.07) is 14.9. The molecule has 3 aromatic rings.